The van der Waals surface area contributed by atoms with Gasteiger partial charge in [-0.25, -0.2) is 8.78 Å². The number of hydrogen-bond donors (Lipinski definition) is 0. The Morgan fingerprint density at radius 2 is 2.00 bits per heavy atom. The van der Waals surface area contributed by atoms with Crippen LogP contribution in [0.25, 0.3) is 0 Å². The van der Waals surface area contributed by atoms with E-state index in [1.165, 1.54) is 11.3 Å². The Hall–Kier alpha value is -0.790. The number of rotatable bonds is 4. The second kappa shape index (κ2) is 6.11. The van der Waals surface area contributed by atoms with E-state index in [1.54, 1.807) is 6.07 Å². The maximum atomic E-state index is 13.3. The highest BCUT2D eigenvalue weighted by Crippen LogP contribution is 2.32. The summed E-state index contributed by atoms with van der Waals surface area (Å²) in [4.78, 5) is 11.9. The van der Waals surface area contributed by atoms with Crippen molar-refractivity contribution in [2.75, 3.05) is 6.61 Å². The third-order valence-corrected chi connectivity index (χ3v) is 4.55. The van der Waals surface area contributed by atoms with Gasteiger partial charge in [0.1, 0.15) is 5.82 Å². The van der Waals surface area contributed by atoms with Crippen molar-refractivity contribution in [3.63, 3.8) is 0 Å². The van der Waals surface area contributed by atoms with Crippen LogP contribution in [0.2, 0.25) is 0 Å². The first-order chi connectivity index (χ1) is 8.97. The third kappa shape index (κ3) is 3.61. The van der Waals surface area contributed by atoms with Crippen molar-refractivity contribution in [1.29, 1.82) is 0 Å². The van der Waals surface area contributed by atoms with Gasteiger partial charge in [0.25, 0.3) is 0 Å². The number of benzene rings is 1. The molecule has 100 valence electrons. The van der Waals surface area contributed by atoms with Crippen molar-refractivity contribution >= 4 is 49.0 Å². The van der Waals surface area contributed by atoms with Crippen LogP contribution in [0, 0.1) is 11.6 Å². The standard InChI is InChI=1S/C12H6Br2F2O2S/c13-11-4-7(12(14)19-11)9(17)5-18-10-3-6(15)1-2-8(10)16/h1-4H,5H2. The first-order valence-corrected chi connectivity index (χ1v) is 7.43. The lowest BCUT2D eigenvalue weighted by molar-refractivity contribution is 0.0918. The molecule has 1 heterocycles. The maximum absolute atomic E-state index is 13.3. The number of hydrogen-bond acceptors (Lipinski definition) is 3. The minimum absolute atomic E-state index is 0.279. The van der Waals surface area contributed by atoms with E-state index in [0.29, 0.717) is 9.35 Å². The van der Waals surface area contributed by atoms with Gasteiger partial charge in [-0.1, -0.05) is 0 Å². The number of ether oxygens (including phenoxy) is 1. The topological polar surface area (TPSA) is 26.3 Å². The SMILES string of the molecule is O=C(COc1cc(F)ccc1F)c1cc(Br)sc1Br. The molecule has 0 saturated carbocycles. The van der Waals surface area contributed by atoms with E-state index in [4.69, 9.17) is 4.74 Å². The molecule has 1 aromatic carbocycles. The lowest BCUT2D eigenvalue weighted by Gasteiger charge is -2.06. The highest BCUT2D eigenvalue weighted by molar-refractivity contribution is 9.12. The zero-order valence-corrected chi connectivity index (χ0v) is 13.2. The molecule has 0 aliphatic heterocycles. The summed E-state index contributed by atoms with van der Waals surface area (Å²) in [6.45, 7) is -0.359. The summed E-state index contributed by atoms with van der Waals surface area (Å²) >= 11 is 7.85. The molecule has 7 heteroatoms. The summed E-state index contributed by atoms with van der Waals surface area (Å²) in [6, 6.07) is 4.48. The fourth-order valence-electron chi connectivity index (χ4n) is 1.34. The lowest BCUT2D eigenvalue weighted by Crippen LogP contribution is -2.12. The number of thiophene rings is 1. The Morgan fingerprint density at radius 1 is 1.26 bits per heavy atom. The number of halogens is 4. The van der Waals surface area contributed by atoms with Gasteiger partial charge in [-0.05, 0) is 50.1 Å². The summed E-state index contributed by atoms with van der Waals surface area (Å²) in [7, 11) is 0. The van der Waals surface area contributed by atoms with Gasteiger partial charge in [0.15, 0.2) is 18.2 Å². The molecule has 1 aromatic heterocycles. The van der Waals surface area contributed by atoms with Crippen LogP contribution in [-0.4, -0.2) is 12.4 Å². The minimum atomic E-state index is -0.709. The first kappa shape index (κ1) is 14.6. The molecule has 2 rings (SSSR count). The molecule has 0 N–H and O–H groups in total. The van der Waals surface area contributed by atoms with Crippen LogP contribution in [0.4, 0.5) is 8.78 Å². The normalized spacial score (nSPS) is 10.5. The molecular formula is C12H6Br2F2O2S. The Labute approximate surface area is 128 Å². The van der Waals surface area contributed by atoms with Gasteiger partial charge in [-0.15, -0.1) is 11.3 Å². The highest BCUT2D eigenvalue weighted by atomic mass is 79.9. The number of carbonyl (C=O) groups excluding carboxylic acids is 1. The molecule has 0 spiro atoms. The second-order valence-electron chi connectivity index (χ2n) is 3.52. The van der Waals surface area contributed by atoms with Crippen LogP contribution in [0.1, 0.15) is 10.4 Å². The Kier molecular flexibility index (Phi) is 4.70. The average molecular weight is 412 g/mol. The molecule has 0 radical (unpaired) electrons. The van der Waals surface area contributed by atoms with Crippen LogP contribution in [0.5, 0.6) is 5.75 Å². The minimum Gasteiger partial charge on any atom is -0.482 e. The van der Waals surface area contributed by atoms with Crippen LogP contribution in [-0.2, 0) is 0 Å². The molecule has 0 aliphatic carbocycles. The van der Waals surface area contributed by atoms with Gasteiger partial charge in [0, 0.05) is 11.6 Å². The van der Waals surface area contributed by atoms with E-state index >= 15 is 0 Å². The van der Waals surface area contributed by atoms with E-state index in [1.807, 2.05) is 0 Å². The fraction of sp³-hybridized carbons (Fsp3) is 0.0833. The molecule has 0 saturated heterocycles. The molecule has 0 bridgehead atoms. The van der Waals surface area contributed by atoms with E-state index in [-0.39, 0.29) is 18.1 Å². The van der Waals surface area contributed by atoms with Crippen molar-refractivity contribution in [2.24, 2.45) is 0 Å². The molecule has 0 unspecified atom stereocenters. The number of ketones is 1. The van der Waals surface area contributed by atoms with Crippen LogP contribution in [0.15, 0.2) is 31.8 Å². The van der Waals surface area contributed by atoms with Crippen molar-refractivity contribution < 1.29 is 18.3 Å². The van der Waals surface area contributed by atoms with Gasteiger partial charge in [-0.2, -0.15) is 0 Å². The molecule has 0 fully saturated rings. The molecule has 0 aliphatic rings. The van der Waals surface area contributed by atoms with Gasteiger partial charge in [-0.3, -0.25) is 4.79 Å². The van der Waals surface area contributed by atoms with E-state index in [9.17, 15) is 13.6 Å². The van der Waals surface area contributed by atoms with Crippen molar-refractivity contribution in [3.05, 3.63) is 49.0 Å². The predicted octanol–water partition coefficient (Wildman–Crippen LogP) is 4.81. The third-order valence-electron chi connectivity index (χ3n) is 2.21. The summed E-state index contributed by atoms with van der Waals surface area (Å²) in [5.74, 6) is -1.93. The smallest absolute Gasteiger partial charge is 0.202 e. The molecule has 19 heavy (non-hydrogen) atoms. The van der Waals surface area contributed by atoms with Crippen molar-refractivity contribution in [3.8, 4) is 5.75 Å². The Morgan fingerprint density at radius 3 is 2.63 bits per heavy atom. The summed E-state index contributed by atoms with van der Waals surface area (Å²) in [5.41, 5.74) is 0.439. The van der Waals surface area contributed by atoms with Crippen molar-refractivity contribution in [2.45, 2.75) is 0 Å². The largest absolute Gasteiger partial charge is 0.482 e. The zero-order chi connectivity index (χ0) is 14.0. The highest BCUT2D eigenvalue weighted by Gasteiger charge is 2.15. The van der Waals surface area contributed by atoms with Gasteiger partial charge in [0.2, 0.25) is 5.78 Å². The quantitative estimate of drug-likeness (QED) is 0.674. The van der Waals surface area contributed by atoms with Crippen LogP contribution >= 0.6 is 43.2 Å². The second-order valence-corrected chi connectivity index (χ2v) is 7.27. The monoisotopic (exact) mass is 410 g/mol. The number of Topliss-reactive ketones (excluding diaryl/α,β-unsaturated/α-hetero) is 1. The first-order valence-electron chi connectivity index (χ1n) is 5.03. The van der Waals surface area contributed by atoms with Crippen LogP contribution in [0.3, 0.4) is 0 Å². The van der Waals surface area contributed by atoms with E-state index in [2.05, 4.69) is 31.9 Å². The fourth-order valence-corrected chi connectivity index (χ4v) is 4.19. The zero-order valence-electron chi connectivity index (χ0n) is 9.25. The maximum Gasteiger partial charge on any atom is 0.202 e. The van der Waals surface area contributed by atoms with Gasteiger partial charge < -0.3 is 4.74 Å². The average Bonchev–Trinajstić information content (AvgIpc) is 2.69. The van der Waals surface area contributed by atoms with Gasteiger partial charge >= 0.3 is 0 Å². The lowest BCUT2D eigenvalue weighted by atomic mass is 10.2. The summed E-state index contributed by atoms with van der Waals surface area (Å²) < 4.78 is 32.7. The van der Waals surface area contributed by atoms with E-state index < -0.39 is 11.6 Å². The molecule has 0 atom stereocenters. The summed E-state index contributed by atoms with van der Waals surface area (Å²) in [6.07, 6.45) is 0. The van der Waals surface area contributed by atoms with Crippen molar-refractivity contribution in [1.82, 2.24) is 0 Å². The number of carbonyl (C=O) groups is 1. The molecule has 2 aromatic rings. The predicted molar refractivity (Wildman–Crippen MR) is 75.9 cm³/mol. The van der Waals surface area contributed by atoms with E-state index in [0.717, 1.165) is 22.0 Å². The molecular weight excluding hydrogens is 406 g/mol. The summed E-state index contributed by atoms with van der Waals surface area (Å²) in [5, 5.41) is 0. The Bertz CT molecular complexity index is 628. The van der Waals surface area contributed by atoms with Gasteiger partial charge in [0.05, 0.1) is 7.57 Å². The molecule has 2 nitrogen and oxygen atoms in total. The molecule has 0 amide bonds. The Balaban J connectivity index is 2.08. The van der Waals surface area contributed by atoms with Crippen LogP contribution < -0.4 is 4.74 Å².